The summed E-state index contributed by atoms with van der Waals surface area (Å²) < 4.78 is 5.95. The summed E-state index contributed by atoms with van der Waals surface area (Å²) in [6.07, 6.45) is 2.70. The van der Waals surface area contributed by atoms with Gasteiger partial charge >= 0.3 is 0 Å². The SMILES string of the molecule is CCC(C)c1ccccc1Oc1ncc(N)cc1C. The molecule has 1 heterocycles. The van der Waals surface area contributed by atoms with Crippen molar-refractivity contribution in [3.05, 3.63) is 47.7 Å². The lowest BCUT2D eigenvalue weighted by atomic mass is 9.98. The number of hydrogen-bond donors (Lipinski definition) is 1. The quantitative estimate of drug-likeness (QED) is 0.888. The normalized spacial score (nSPS) is 12.2. The van der Waals surface area contributed by atoms with Crippen LogP contribution in [-0.2, 0) is 0 Å². The average molecular weight is 256 g/mol. The van der Waals surface area contributed by atoms with Crippen molar-refractivity contribution in [3.63, 3.8) is 0 Å². The topological polar surface area (TPSA) is 48.1 Å². The van der Waals surface area contributed by atoms with Gasteiger partial charge in [-0.2, -0.15) is 0 Å². The Morgan fingerprint density at radius 3 is 2.74 bits per heavy atom. The molecule has 100 valence electrons. The number of hydrogen-bond acceptors (Lipinski definition) is 3. The summed E-state index contributed by atoms with van der Waals surface area (Å²) in [5.74, 6) is 1.95. The number of nitrogens with two attached hydrogens (primary N) is 1. The summed E-state index contributed by atoms with van der Waals surface area (Å²) >= 11 is 0. The Hall–Kier alpha value is -2.03. The monoisotopic (exact) mass is 256 g/mol. The number of pyridine rings is 1. The third kappa shape index (κ3) is 3.05. The van der Waals surface area contributed by atoms with Crippen LogP contribution in [0.4, 0.5) is 5.69 Å². The molecule has 0 spiro atoms. The van der Waals surface area contributed by atoms with Crippen LogP contribution in [0.3, 0.4) is 0 Å². The Bertz CT molecular complexity index is 566. The molecule has 0 aliphatic carbocycles. The van der Waals surface area contributed by atoms with Gasteiger partial charge in [-0.3, -0.25) is 0 Å². The van der Waals surface area contributed by atoms with E-state index in [0.717, 1.165) is 17.7 Å². The largest absolute Gasteiger partial charge is 0.438 e. The first kappa shape index (κ1) is 13.4. The second-order valence-corrected chi connectivity index (χ2v) is 4.84. The summed E-state index contributed by atoms with van der Waals surface area (Å²) in [7, 11) is 0. The maximum absolute atomic E-state index is 5.95. The van der Waals surface area contributed by atoms with Crippen molar-refractivity contribution in [1.82, 2.24) is 4.98 Å². The molecule has 0 saturated carbocycles. The molecule has 3 heteroatoms. The van der Waals surface area contributed by atoms with Crippen LogP contribution in [0.25, 0.3) is 0 Å². The van der Waals surface area contributed by atoms with Gasteiger partial charge in [0.15, 0.2) is 0 Å². The van der Waals surface area contributed by atoms with E-state index < -0.39 is 0 Å². The van der Waals surface area contributed by atoms with Crippen molar-refractivity contribution in [2.75, 3.05) is 5.73 Å². The summed E-state index contributed by atoms with van der Waals surface area (Å²) in [5, 5.41) is 0. The molecule has 0 bridgehead atoms. The zero-order chi connectivity index (χ0) is 13.8. The van der Waals surface area contributed by atoms with Crippen molar-refractivity contribution in [2.45, 2.75) is 33.1 Å². The van der Waals surface area contributed by atoms with E-state index in [1.165, 1.54) is 5.56 Å². The molecule has 0 aliphatic heterocycles. The predicted octanol–water partition coefficient (Wildman–Crippen LogP) is 4.28. The molecule has 0 fully saturated rings. The predicted molar refractivity (Wildman–Crippen MR) is 78.6 cm³/mol. The van der Waals surface area contributed by atoms with Gasteiger partial charge in [0.2, 0.25) is 5.88 Å². The van der Waals surface area contributed by atoms with Crippen LogP contribution in [0.2, 0.25) is 0 Å². The number of para-hydroxylation sites is 1. The van der Waals surface area contributed by atoms with E-state index in [4.69, 9.17) is 10.5 Å². The maximum Gasteiger partial charge on any atom is 0.222 e. The molecule has 0 aliphatic rings. The smallest absolute Gasteiger partial charge is 0.222 e. The highest BCUT2D eigenvalue weighted by molar-refractivity contribution is 5.44. The summed E-state index contributed by atoms with van der Waals surface area (Å²) in [5.41, 5.74) is 8.51. The second-order valence-electron chi connectivity index (χ2n) is 4.84. The minimum absolute atomic E-state index is 0.463. The van der Waals surface area contributed by atoms with Crippen molar-refractivity contribution in [1.29, 1.82) is 0 Å². The van der Waals surface area contributed by atoms with Crippen LogP contribution in [-0.4, -0.2) is 4.98 Å². The highest BCUT2D eigenvalue weighted by Crippen LogP contribution is 2.32. The van der Waals surface area contributed by atoms with E-state index in [-0.39, 0.29) is 0 Å². The lowest BCUT2D eigenvalue weighted by molar-refractivity contribution is 0.448. The van der Waals surface area contributed by atoms with Crippen molar-refractivity contribution in [3.8, 4) is 11.6 Å². The molecule has 1 aromatic carbocycles. The minimum atomic E-state index is 0.463. The number of ether oxygens (including phenoxy) is 1. The molecule has 0 amide bonds. The van der Waals surface area contributed by atoms with E-state index in [0.29, 0.717) is 17.5 Å². The fourth-order valence-corrected chi connectivity index (χ4v) is 2.00. The first-order valence-corrected chi connectivity index (χ1v) is 6.60. The third-order valence-electron chi connectivity index (χ3n) is 3.32. The van der Waals surface area contributed by atoms with Crippen molar-refractivity contribution in [2.24, 2.45) is 0 Å². The number of nitrogen functional groups attached to an aromatic ring is 1. The number of anilines is 1. The van der Waals surface area contributed by atoms with Gasteiger partial charge in [0, 0.05) is 5.56 Å². The number of rotatable bonds is 4. The molecule has 2 aromatic rings. The van der Waals surface area contributed by atoms with Crippen LogP contribution in [0, 0.1) is 6.92 Å². The Balaban J connectivity index is 2.33. The van der Waals surface area contributed by atoms with E-state index >= 15 is 0 Å². The van der Waals surface area contributed by atoms with Gasteiger partial charge < -0.3 is 10.5 Å². The summed E-state index contributed by atoms with van der Waals surface area (Å²) in [6.45, 7) is 6.32. The van der Waals surface area contributed by atoms with Gasteiger partial charge in [0.1, 0.15) is 5.75 Å². The average Bonchev–Trinajstić information content (AvgIpc) is 2.41. The van der Waals surface area contributed by atoms with Gasteiger partial charge in [-0.25, -0.2) is 4.98 Å². The Kier molecular flexibility index (Phi) is 4.05. The van der Waals surface area contributed by atoms with E-state index in [9.17, 15) is 0 Å². The fraction of sp³-hybridized carbons (Fsp3) is 0.312. The molecule has 0 saturated heterocycles. The highest BCUT2D eigenvalue weighted by atomic mass is 16.5. The second kappa shape index (κ2) is 5.74. The van der Waals surface area contributed by atoms with Gasteiger partial charge in [-0.05, 0) is 37.0 Å². The molecular formula is C16H20N2O. The van der Waals surface area contributed by atoms with Crippen LogP contribution in [0.5, 0.6) is 11.6 Å². The molecule has 2 rings (SSSR count). The van der Waals surface area contributed by atoms with E-state index in [1.54, 1.807) is 6.20 Å². The van der Waals surface area contributed by atoms with Crippen LogP contribution in [0.1, 0.15) is 37.3 Å². The summed E-state index contributed by atoms with van der Waals surface area (Å²) in [6, 6.07) is 9.98. The molecular weight excluding hydrogens is 236 g/mol. The molecule has 1 aromatic heterocycles. The lowest BCUT2D eigenvalue weighted by Crippen LogP contribution is -1.99. The van der Waals surface area contributed by atoms with Crippen LogP contribution >= 0.6 is 0 Å². The summed E-state index contributed by atoms with van der Waals surface area (Å²) in [4.78, 5) is 4.25. The molecule has 1 atom stereocenters. The molecule has 19 heavy (non-hydrogen) atoms. The van der Waals surface area contributed by atoms with Gasteiger partial charge in [-0.15, -0.1) is 0 Å². The Morgan fingerprint density at radius 2 is 2.05 bits per heavy atom. The number of benzene rings is 1. The molecule has 3 nitrogen and oxygen atoms in total. The fourth-order valence-electron chi connectivity index (χ4n) is 2.00. The first-order valence-electron chi connectivity index (χ1n) is 6.60. The number of aryl methyl sites for hydroxylation is 1. The number of aromatic nitrogens is 1. The van der Waals surface area contributed by atoms with Crippen molar-refractivity contribution < 1.29 is 4.74 Å². The van der Waals surface area contributed by atoms with Gasteiger partial charge in [0.05, 0.1) is 11.9 Å². The van der Waals surface area contributed by atoms with Gasteiger partial charge in [0.25, 0.3) is 0 Å². The Morgan fingerprint density at radius 1 is 1.32 bits per heavy atom. The zero-order valence-electron chi connectivity index (χ0n) is 11.7. The first-order chi connectivity index (χ1) is 9.11. The minimum Gasteiger partial charge on any atom is -0.438 e. The third-order valence-corrected chi connectivity index (χ3v) is 3.32. The number of nitrogens with zero attached hydrogens (tertiary/aromatic N) is 1. The molecule has 1 unspecified atom stereocenters. The Labute approximate surface area is 114 Å². The van der Waals surface area contributed by atoms with Crippen molar-refractivity contribution >= 4 is 5.69 Å². The van der Waals surface area contributed by atoms with Crippen LogP contribution in [0.15, 0.2) is 36.5 Å². The van der Waals surface area contributed by atoms with Gasteiger partial charge in [-0.1, -0.05) is 32.0 Å². The molecule has 2 N–H and O–H groups in total. The van der Waals surface area contributed by atoms with E-state index in [2.05, 4.69) is 24.9 Å². The zero-order valence-corrected chi connectivity index (χ0v) is 11.7. The standard InChI is InChI=1S/C16H20N2O/c1-4-11(2)14-7-5-6-8-15(14)19-16-12(3)9-13(17)10-18-16/h5-11H,4,17H2,1-3H3. The van der Waals surface area contributed by atoms with E-state index in [1.807, 2.05) is 31.2 Å². The molecule has 0 radical (unpaired) electrons. The van der Waals surface area contributed by atoms with Crippen LogP contribution < -0.4 is 10.5 Å². The lowest BCUT2D eigenvalue weighted by Gasteiger charge is -2.15. The highest BCUT2D eigenvalue weighted by Gasteiger charge is 2.11. The maximum atomic E-state index is 5.95.